The fourth-order valence-corrected chi connectivity index (χ4v) is 7.08. The highest BCUT2D eigenvalue weighted by Crippen LogP contribution is 2.46. The van der Waals surface area contributed by atoms with Crippen molar-refractivity contribution in [1.29, 1.82) is 5.26 Å². The molecular formula is C26H23N5O3S2. The van der Waals surface area contributed by atoms with E-state index in [-0.39, 0.29) is 27.9 Å². The summed E-state index contributed by atoms with van der Waals surface area (Å²) >= 11 is 2.46. The number of amides is 1. The first-order valence-corrected chi connectivity index (χ1v) is 12.9. The molecule has 5 rings (SSSR count). The second-order valence-corrected chi connectivity index (χ2v) is 10.8. The van der Waals surface area contributed by atoms with E-state index in [1.165, 1.54) is 24.0 Å². The Bertz CT molecular complexity index is 1610. The lowest BCUT2D eigenvalue weighted by atomic mass is 9.89. The van der Waals surface area contributed by atoms with Gasteiger partial charge in [0, 0.05) is 10.3 Å². The number of esters is 1. The molecule has 0 saturated heterocycles. The number of nitrogen functional groups attached to an aromatic ring is 2. The molecule has 1 aliphatic rings. The number of carbonyl (C=O) groups excluding carboxylic acids is 2. The first kappa shape index (κ1) is 23.8. The minimum absolute atomic E-state index is 0.0599. The summed E-state index contributed by atoms with van der Waals surface area (Å²) in [6.07, 6.45) is 1.47. The molecule has 1 aromatic carbocycles. The number of carbonyl (C=O) groups is 2. The average Bonchev–Trinajstić information content (AvgIpc) is 3.39. The summed E-state index contributed by atoms with van der Waals surface area (Å²) in [5.41, 5.74) is 17.2. The highest BCUT2D eigenvalue weighted by molar-refractivity contribution is 7.22. The Balaban J connectivity index is 1.62. The topological polar surface area (TPSA) is 144 Å². The summed E-state index contributed by atoms with van der Waals surface area (Å²) in [4.78, 5) is 32.3. The van der Waals surface area contributed by atoms with Crippen LogP contribution in [0.15, 0.2) is 24.3 Å². The molecule has 8 nitrogen and oxygen atoms in total. The zero-order chi connectivity index (χ0) is 25.7. The average molecular weight is 518 g/mol. The molecule has 36 heavy (non-hydrogen) atoms. The first-order chi connectivity index (χ1) is 17.3. The molecule has 0 atom stereocenters. The summed E-state index contributed by atoms with van der Waals surface area (Å²) in [5.74, 6) is -0.907. The van der Waals surface area contributed by atoms with Crippen molar-refractivity contribution in [3.63, 3.8) is 0 Å². The Morgan fingerprint density at radius 2 is 1.94 bits per heavy atom. The highest BCUT2D eigenvalue weighted by atomic mass is 32.1. The molecule has 0 aliphatic heterocycles. The lowest BCUT2D eigenvalue weighted by molar-refractivity contribution is 0.0601. The molecule has 0 fully saturated rings. The number of rotatable bonds is 4. The van der Waals surface area contributed by atoms with Crippen molar-refractivity contribution in [1.82, 2.24) is 4.98 Å². The van der Waals surface area contributed by atoms with Crippen LogP contribution < -0.4 is 16.8 Å². The zero-order valence-corrected chi connectivity index (χ0v) is 21.5. The van der Waals surface area contributed by atoms with Crippen LogP contribution in [0.25, 0.3) is 20.7 Å². The van der Waals surface area contributed by atoms with Crippen molar-refractivity contribution >= 4 is 61.3 Å². The van der Waals surface area contributed by atoms with Gasteiger partial charge in [0.2, 0.25) is 0 Å². The van der Waals surface area contributed by atoms with Crippen LogP contribution in [0.5, 0.6) is 0 Å². The van der Waals surface area contributed by atoms with Crippen LogP contribution in [0.3, 0.4) is 0 Å². The van der Waals surface area contributed by atoms with Crippen molar-refractivity contribution in [3.05, 3.63) is 57.0 Å². The van der Waals surface area contributed by atoms with Crippen molar-refractivity contribution in [2.75, 3.05) is 23.9 Å². The van der Waals surface area contributed by atoms with Gasteiger partial charge in [0.25, 0.3) is 5.91 Å². The fraction of sp³-hybridized carbons (Fsp3) is 0.231. The van der Waals surface area contributed by atoms with Gasteiger partial charge in [0.1, 0.15) is 26.6 Å². The molecule has 0 saturated carbocycles. The molecule has 1 aliphatic carbocycles. The number of nitrogens with two attached hydrogens (primary N) is 2. The van der Waals surface area contributed by atoms with E-state index in [0.29, 0.717) is 32.8 Å². The molecule has 3 aromatic heterocycles. The normalized spacial score (nSPS) is 12.2. The predicted octanol–water partition coefficient (Wildman–Crippen LogP) is 5.32. The van der Waals surface area contributed by atoms with Gasteiger partial charge in [-0.3, -0.25) is 4.79 Å². The summed E-state index contributed by atoms with van der Waals surface area (Å²) in [6.45, 7) is 3.87. The van der Waals surface area contributed by atoms with Gasteiger partial charge in [-0.2, -0.15) is 5.26 Å². The van der Waals surface area contributed by atoms with E-state index >= 15 is 0 Å². The summed E-state index contributed by atoms with van der Waals surface area (Å²) in [7, 11) is 1.33. The van der Waals surface area contributed by atoms with Crippen LogP contribution in [0, 0.1) is 11.3 Å². The molecule has 3 heterocycles. The van der Waals surface area contributed by atoms with Gasteiger partial charge in [-0.05, 0) is 41.0 Å². The Kier molecular flexibility index (Phi) is 5.90. The van der Waals surface area contributed by atoms with Crippen molar-refractivity contribution in [2.45, 2.75) is 32.6 Å². The number of nitrogens with zero attached hydrogens (tertiary/aromatic N) is 2. The van der Waals surface area contributed by atoms with Gasteiger partial charge in [-0.1, -0.05) is 38.1 Å². The highest BCUT2D eigenvalue weighted by Gasteiger charge is 2.31. The molecule has 10 heteroatoms. The van der Waals surface area contributed by atoms with Crippen LogP contribution >= 0.6 is 22.7 Å². The Morgan fingerprint density at radius 1 is 1.19 bits per heavy atom. The van der Waals surface area contributed by atoms with E-state index in [1.807, 2.05) is 32.0 Å². The van der Waals surface area contributed by atoms with Crippen LogP contribution in [-0.2, 0) is 17.6 Å². The molecule has 0 bridgehead atoms. The quantitative estimate of drug-likeness (QED) is 0.311. The van der Waals surface area contributed by atoms with E-state index in [1.54, 1.807) is 0 Å². The Morgan fingerprint density at radius 3 is 2.64 bits per heavy atom. The SMILES string of the molecule is COC(=O)c1c(NC(=O)c2sc3nc(N)c(C#N)c(C(C)C)c3c2N)sc2c1CCc1ccccc1-2. The molecule has 0 unspecified atom stereocenters. The molecule has 1 amide bonds. The van der Waals surface area contributed by atoms with E-state index < -0.39 is 11.9 Å². The number of pyridine rings is 1. The number of ether oxygens (including phenoxy) is 1. The summed E-state index contributed by atoms with van der Waals surface area (Å²) < 4.78 is 5.07. The first-order valence-electron chi connectivity index (χ1n) is 11.3. The molecule has 5 N–H and O–H groups in total. The number of nitrogens with one attached hydrogen (secondary N) is 1. The van der Waals surface area contributed by atoms with Gasteiger partial charge >= 0.3 is 5.97 Å². The largest absolute Gasteiger partial charge is 0.465 e. The second-order valence-electron chi connectivity index (χ2n) is 8.79. The van der Waals surface area contributed by atoms with Crippen LogP contribution in [0.4, 0.5) is 16.5 Å². The van der Waals surface area contributed by atoms with E-state index in [4.69, 9.17) is 16.2 Å². The monoisotopic (exact) mass is 517 g/mol. The third-order valence-electron chi connectivity index (χ3n) is 6.37. The lowest BCUT2D eigenvalue weighted by Gasteiger charge is -2.16. The maximum absolute atomic E-state index is 13.5. The van der Waals surface area contributed by atoms with Gasteiger partial charge in [-0.25, -0.2) is 9.78 Å². The second kappa shape index (κ2) is 8.93. The van der Waals surface area contributed by atoms with Crippen molar-refractivity contribution in [2.24, 2.45) is 0 Å². The lowest BCUT2D eigenvalue weighted by Crippen LogP contribution is -2.15. The van der Waals surface area contributed by atoms with E-state index in [2.05, 4.69) is 22.4 Å². The van der Waals surface area contributed by atoms with Crippen molar-refractivity contribution < 1.29 is 14.3 Å². The van der Waals surface area contributed by atoms with Gasteiger partial charge in [-0.15, -0.1) is 22.7 Å². The molecule has 182 valence electrons. The molecular weight excluding hydrogens is 494 g/mol. The van der Waals surface area contributed by atoms with Gasteiger partial charge in [0.05, 0.1) is 23.9 Å². The summed E-state index contributed by atoms with van der Waals surface area (Å²) in [6, 6.07) is 10.2. The number of aryl methyl sites for hydroxylation is 1. The fourth-order valence-electron chi connectivity index (χ4n) is 4.77. The summed E-state index contributed by atoms with van der Waals surface area (Å²) in [5, 5.41) is 13.5. The van der Waals surface area contributed by atoms with E-state index in [0.717, 1.165) is 33.8 Å². The molecule has 4 aromatic rings. The van der Waals surface area contributed by atoms with E-state index in [9.17, 15) is 14.9 Å². The maximum atomic E-state index is 13.5. The number of thiophene rings is 2. The van der Waals surface area contributed by atoms with Gasteiger partial charge in [0.15, 0.2) is 0 Å². The number of fused-ring (bicyclic) bond motifs is 4. The Hall–Kier alpha value is -3.94. The standard InChI is InChI=1S/C26H23N5O3S2/c1-11(2)16-15(10-27)22(29)30-25-18(16)19(28)21(36-25)23(32)31-24-17(26(33)34-3)14-9-8-12-6-4-5-7-13(12)20(14)35-24/h4-7,11H,8-9,28H2,1-3H3,(H2,29,30)(H,31,32). The number of anilines is 3. The van der Waals surface area contributed by atoms with Gasteiger partial charge < -0.3 is 21.5 Å². The number of benzene rings is 1. The third kappa shape index (κ3) is 3.59. The maximum Gasteiger partial charge on any atom is 0.341 e. The zero-order valence-electron chi connectivity index (χ0n) is 19.9. The minimum Gasteiger partial charge on any atom is -0.465 e. The number of nitriles is 1. The van der Waals surface area contributed by atoms with Crippen LogP contribution in [0.1, 0.15) is 62.0 Å². The predicted molar refractivity (Wildman–Crippen MR) is 144 cm³/mol. The number of methoxy groups -OCH3 is 1. The number of hydrogen-bond donors (Lipinski definition) is 3. The van der Waals surface area contributed by atoms with Crippen LogP contribution in [-0.4, -0.2) is 24.0 Å². The number of aromatic nitrogens is 1. The third-order valence-corrected chi connectivity index (χ3v) is 8.65. The molecule has 0 spiro atoms. The van der Waals surface area contributed by atoms with Crippen molar-refractivity contribution in [3.8, 4) is 16.5 Å². The minimum atomic E-state index is -0.498. The number of hydrogen-bond acceptors (Lipinski definition) is 9. The molecule has 0 radical (unpaired) electrons. The van der Waals surface area contributed by atoms with Crippen LogP contribution in [0.2, 0.25) is 0 Å². The Labute approximate surface area is 215 Å². The smallest absolute Gasteiger partial charge is 0.341 e.